The number of rotatable bonds is 7. The van der Waals surface area contributed by atoms with E-state index in [1.54, 1.807) is 6.92 Å². The van der Waals surface area contributed by atoms with Crippen molar-refractivity contribution in [2.75, 3.05) is 19.8 Å². The summed E-state index contributed by atoms with van der Waals surface area (Å²) in [5.74, 6) is 3.51. The van der Waals surface area contributed by atoms with Crippen LogP contribution in [0.15, 0.2) is 0 Å². The molecule has 0 amide bonds. The Balaban J connectivity index is 0.825. The molecule has 0 aromatic rings. The summed E-state index contributed by atoms with van der Waals surface area (Å²) in [6, 6.07) is 0. The summed E-state index contributed by atoms with van der Waals surface area (Å²) in [5, 5.41) is 84.6. The van der Waals surface area contributed by atoms with Gasteiger partial charge in [-0.15, -0.1) is 0 Å². The largest absolute Gasteiger partial charge is 0.394 e. The van der Waals surface area contributed by atoms with Gasteiger partial charge in [-0.1, -0.05) is 27.7 Å². The summed E-state index contributed by atoms with van der Waals surface area (Å²) in [4.78, 5) is 0. The molecule has 8 N–H and O–H groups in total. The monoisotopic (exact) mass is 856 g/mol. The van der Waals surface area contributed by atoms with Crippen molar-refractivity contribution in [3.63, 3.8) is 0 Å². The molecular formula is C44H72O16. The second kappa shape index (κ2) is 16.7. The summed E-state index contributed by atoms with van der Waals surface area (Å²) >= 11 is 0. The van der Waals surface area contributed by atoms with Gasteiger partial charge in [0.1, 0.15) is 61.0 Å². The van der Waals surface area contributed by atoms with Gasteiger partial charge in [-0.25, -0.2) is 0 Å². The fourth-order valence-electron chi connectivity index (χ4n) is 14.3. The van der Waals surface area contributed by atoms with Gasteiger partial charge in [0.2, 0.25) is 0 Å². The zero-order valence-electron chi connectivity index (χ0n) is 35.8. The molecule has 5 saturated heterocycles. The summed E-state index contributed by atoms with van der Waals surface area (Å²) in [7, 11) is 0. The maximum absolute atomic E-state index is 11.3. The molecule has 12 unspecified atom stereocenters. The number of hydrogen-bond donors (Lipinski definition) is 8. The molecule has 16 heteroatoms. The first-order valence-corrected chi connectivity index (χ1v) is 23.1. The molecule has 0 aromatic heterocycles. The number of fused-ring (bicyclic) bond motifs is 7. The molecule has 9 rings (SSSR count). The van der Waals surface area contributed by atoms with E-state index in [2.05, 4.69) is 27.7 Å². The van der Waals surface area contributed by atoms with E-state index >= 15 is 0 Å². The Morgan fingerprint density at radius 1 is 0.633 bits per heavy atom. The van der Waals surface area contributed by atoms with Crippen LogP contribution in [-0.4, -0.2) is 165 Å². The van der Waals surface area contributed by atoms with Gasteiger partial charge in [0.15, 0.2) is 24.7 Å². The number of hydrogen-bond acceptors (Lipinski definition) is 16. The van der Waals surface area contributed by atoms with E-state index in [1.165, 1.54) is 25.7 Å². The number of ether oxygens (including phenoxy) is 8. The van der Waals surface area contributed by atoms with Crippen molar-refractivity contribution >= 4 is 0 Å². The van der Waals surface area contributed by atoms with Crippen LogP contribution in [0.3, 0.4) is 0 Å². The Kier molecular flexibility index (Phi) is 12.4. The second-order valence-corrected chi connectivity index (χ2v) is 21.1. The first-order chi connectivity index (χ1) is 28.5. The molecule has 16 nitrogen and oxygen atoms in total. The van der Waals surface area contributed by atoms with Crippen LogP contribution in [0.25, 0.3) is 0 Å². The fraction of sp³-hybridized carbons (Fsp3) is 1.00. The van der Waals surface area contributed by atoms with Crippen molar-refractivity contribution in [2.45, 2.75) is 203 Å². The molecule has 1 spiro atoms. The standard InChI is InChI=1S/C44H72O16/c1-19-8-13-44(54-17-19)20(2)30-27(60-44)15-26-24-7-6-22-14-23(9-11-42(22,4)25(24)10-12-43(26,30)5)56-41-38(35(50)31(46)21(3)55-41)59-39-36(51)33(48)29(18-53-39)58-40-37(52)34(49)32(47)28(16-45)57-40/h19-41,45-52H,6-18H2,1-5H3/t19?,20?,21-,22?,23?,24?,25?,26?,27?,28+,29-,30?,31+,32+,33-,34-,35+,36+,37+,38+,39-,40-,41-,42?,43?,44?/m0/s1. The van der Waals surface area contributed by atoms with Crippen molar-refractivity contribution in [2.24, 2.45) is 52.3 Å². The summed E-state index contributed by atoms with van der Waals surface area (Å²) in [5.41, 5.74) is 0.429. The van der Waals surface area contributed by atoms with Gasteiger partial charge in [-0.2, -0.15) is 0 Å². The lowest BCUT2D eigenvalue weighted by Crippen LogP contribution is -2.64. The van der Waals surface area contributed by atoms with Gasteiger partial charge in [-0.05, 0) is 111 Å². The van der Waals surface area contributed by atoms with Crippen molar-refractivity contribution in [3.05, 3.63) is 0 Å². The van der Waals surface area contributed by atoms with E-state index in [9.17, 15) is 40.9 Å². The predicted octanol–water partition coefficient (Wildman–Crippen LogP) is 0.933. The van der Waals surface area contributed by atoms with Gasteiger partial charge in [-0.3, -0.25) is 0 Å². The van der Waals surface area contributed by atoms with Gasteiger partial charge in [0, 0.05) is 12.3 Å². The zero-order chi connectivity index (χ0) is 42.6. The Labute approximate surface area is 353 Å². The molecule has 0 radical (unpaired) electrons. The minimum atomic E-state index is -1.72. The lowest BCUT2D eigenvalue weighted by molar-refractivity contribution is -0.373. The van der Waals surface area contributed by atoms with Gasteiger partial charge < -0.3 is 78.7 Å². The molecule has 5 heterocycles. The van der Waals surface area contributed by atoms with E-state index in [1.807, 2.05) is 0 Å². The van der Waals surface area contributed by atoms with E-state index in [0.717, 1.165) is 45.1 Å². The summed E-state index contributed by atoms with van der Waals surface area (Å²) in [6.45, 7) is 11.2. The van der Waals surface area contributed by atoms with E-state index < -0.39 is 98.4 Å². The highest BCUT2D eigenvalue weighted by Gasteiger charge is 2.69. The van der Waals surface area contributed by atoms with Crippen molar-refractivity contribution in [3.8, 4) is 0 Å². The highest BCUT2D eigenvalue weighted by molar-refractivity contribution is 5.15. The van der Waals surface area contributed by atoms with Crippen LogP contribution in [0.4, 0.5) is 0 Å². The second-order valence-electron chi connectivity index (χ2n) is 21.1. The third-order valence-corrected chi connectivity index (χ3v) is 17.9. The first kappa shape index (κ1) is 44.6. The van der Waals surface area contributed by atoms with E-state index in [0.29, 0.717) is 41.4 Å². The normalized spacial score (nSPS) is 59.2. The number of aliphatic hydroxyl groups is 8. The topological polar surface area (TPSA) is 236 Å². The molecule has 5 aliphatic heterocycles. The van der Waals surface area contributed by atoms with Crippen LogP contribution in [0.1, 0.15) is 98.8 Å². The third-order valence-electron chi connectivity index (χ3n) is 17.9. The summed E-state index contributed by atoms with van der Waals surface area (Å²) in [6.07, 6.45) is -9.06. The smallest absolute Gasteiger partial charge is 0.187 e. The van der Waals surface area contributed by atoms with Crippen molar-refractivity contribution < 1.29 is 78.7 Å². The average Bonchev–Trinajstić information content (AvgIpc) is 3.68. The zero-order valence-corrected chi connectivity index (χ0v) is 35.8. The van der Waals surface area contributed by atoms with Crippen molar-refractivity contribution in [1.82, 2.24) is 0 Å². The molecule has 26 atom stereocenters. The fourth-order valence-corrected chi connectivity index (χ4v) is 14.3. The van der Waals surface area contributed by atoms with Crippen LogP contribution < -0.4 is 0 Å². The van der Waals surface area contributed by atoms with Crippen LogP contribution in [0, 0.1) is 52.3 Å². The number of aliphatic hydroxyl groups excluding tert-OH is 8. The molecule has 9 aliphatic rings. The Morgan fingerprint density at radius 2 is 1.38 bits per heavy atom. The molecule has 0 bridgehead atoms. The summed E-state index contributed by atoms with van der Waals surface area (Å²) < 4.78 is 49.3. The Hall–Kier alpha value is -0.640. The maximum atomic E-state index is 11.3. The molecule has 60 heavy (non-hydrogen) atoms. The van der Waals surface area contributed by atoms with Crippen molar-refractivity contribution in [1.29, 1.82) is 0 Å². The molecule has 0 aromatic carbocycles. The van der Waals surface area contributed by atoms with Gasteiger partial charge in [0.25, 0.3) is 0 Å². The molecule has 4 saturated carbocycles. The predicted molar refractivity (Wildman–Crippen MR) is 208 cm³/mol. The van der Waals surface area contributed by atoms with E-state index in [4.69, 9.17) is 37.9 Å². The Morgan fingerprint density at radius 3 is 2.12 bits per heavy atom. The molecule has 9 fully saturated rings. The first-order valence-electron chi connectivity index (χ1n) is 23.1. The van der Waals surface area contributed by atoms with Gasteiger partial charge in [0.05, 0.1) is 38.1 Å². The minimum absolute atomic E-state index is 0.175. The lowest BCUT2D eigenvalue weighted by atomic mass is 9.44. The van der Waals surface area contributed by atoms with Crippen LogP contribution in [0.2, 0.25) is 0 Å². The lowest BCUT2D eigenvalue weighted by Gasteiger charge is -2.61. The SMILES string of the molecule is CC1CCC2(OC1)OC1CC3C4CCC5CC(O[C@@H]6O[C@@H](C)[C@@H](O)[C@@H](O)[C@H]6O[C@@H]6OC[C@H](O[C@@H]7O[C@H](CO)[C@@H](O)[C@H](O)[C@H]7O)[C@H](O)[C@H]6O)CCC5(C)C4CCC3(C)C1C2C. The Bertz CT molecular complexity index is 1500. The molecule has 4 aliphatic carbocycles. The maximum Gasteiger partial charge on any atom is 0.187 e. The van der Waals surface area contributed by atoms with Crippen LogP contribution in [-0.2, 0) is 37.9 Å². The molecular weight excluding hydrogens is 784 g/mol. The van der Waals surface area contributed by atoms with Crippen LogP contribution in [0.5, 0.6) is 0 Å². The highest BCUT2D eigenvalue weighted by atomic mass is 16.8. The van der Waals surface area contributed by atoms with E-state index in [-0.39, 0.29) is 29.6 Å². The quantitative estimate of drug-likeness (QED) is 0.166. The third kappa shape index (κ3) is 7.27. The minimum Gasteiger partial charge on any atom is -0.394 e. The highest BCUT2D eigenvalue weighted by Crippen LogP contribution is 2.71. The average molecular weight is 857 g/mol. The van der Waals surface area contributed by atoms with Gasteiger partial charge >= 0.3 is 0 Å². The van der Waals surface area contributed by atoms with Crippen LogP contribution >= 0.6 is 0 Å². The molecule has 344 valence electrons.